The van der Waals surface area contributed by atoms with E-state index in [2.05, 4.69) is 34.0 Å². The number of likely N-dealkylation sites (N-methyl/N-ethyl adjacent to an activating group) is 1. The number of nitrogens with one attached hydrogen (secondary N) is 1. The number of esters is 1. The summed E-state index contributed by atoms with van der Waals surface area (Å²) in [6.45, 7) is 11.7. The Bertz CT molecular complexity index is 423. The number of hydrogen-bond donors (Lipinski definition) is 1. The Morgan fingerprint density at radius 3 is 2.57 bits per heavy atom. The molecule has 0 aromatic carbocycles. The van der Waals surface area contributed by atoms with Crippen LogP contribution in [0.2, 0.25) is 0 Å². The van der Waals surface area contributed by atoms with Gasteiger partial charge in [0.15, 0.2) is 5.54 Å². The maximum atomic E-state index is 12.3. The number of carbonyl (C=O) groups is 1. The van der Waals surface area contributed by atoms with Crippen LogP contribution in [0.1, 0.15) is 33.4 Å². The summed E-state index contributed by atoms with van der Waals surface area (Å²) in [4.78, 5) is 22.9. The number of carbonyl (C=O) groups excluding carboxylic acids is 1. The van der Waals surface area contributed by atoms with Gasteiger partial charge in [0.05, 0.1) is 18.5 Å². The van der Waals surface area contributed by atoms with E-state index in [9.17, 15) is 4.79 Å². The van der Waals surface area contributed by atoms with Gasteiger partial charge < -0.3 is 9.64 Å². The standard InChI is InChI=1S/C15H26N4O2/c1-5-19(6-2)11-10-18-15(4,14(20)21-7-3)13-12-16-8-9-17-13/h8-9,12,18H,5-7,10-11H2,1-4H3. The lowest BCUT2D eigenvalue weighted by molar-refractivity contribution is -0.151. The quantitative estimate of drug-likeness (QED) is 0.690. The first-order valence-corrected chi connectivity index (χ1v) is 7.49. The van der Waals surface area contributed by atoms with Crippen LogP contribution in [0.15, 0.2) is 18.6 Å². The van der Waals surface area contributed by atoms with Crippen LogP contribution in [0.25, 0.3) is 0 Å². The van der Waals surface area contributed by atoms with Crippen molar-refractivity contribution in [3.05, 3.63) is 24.3 Å². The maximum Gasteiger partial charge on any atom is 0.332 e. The van der Waals surface area contributed by atoms with E-state index in [4.69, 9.17) is 4.74 Å². The summed E-state index contributed by atoms with van der Waals surface area (Å²) in [6.07, 6.45) is 4.77. The van der Waals surface area contributed by atoms with E-state index in [0.717, 1.165) is 19.6 Å². The first kappa shape index (κ1) is 17.5. The molecule has 0 amide bonds. The molecule has 0 aliphatic heterocycles. The molecule has 0 saturated heterocycles. The molecule has 0 aliphatic carbocycles. The van der Waals surface area contributed by atoms with E-state index < -0.39 is 5.54 Å². The summed E-state index contributed by atoms with van der Waals surface area (Å²) in [7, 11) is 0. The second-order valence-corrected chi connectivity index (χ2v) is 4.89. The summed E-state index contributed by atoms with van der Waals surface area (Å²) in [5, 5.41) is 3.28. The lowest BCUT2D eigenvalue weighted by atomic mass is 9.98. The van der Waals surface area contributed by atoms with Gasteiger partial charge in [-0.25, -0.2) is 4.79 Å². The molecule has 6 nitrogen and oxygen atoms in total. The topological polar surface area (TPSA) is 67.3 Å². The minimum atomic E-state index is -0.975. The van der Waals surface area contributed by atoms with Crippen LogP contribution in [0.5, 0.6) is 0 Å². The molecule has 0 spiro atoms. The summed E-state index contributed by atoms with van der Waals surface area (Å²) >= 11 is 0. The highest BCUT2D eigenvalue weighted by Gasteiger charge is 2.38. The third kappa shape index (κ3) is 4.75. The van der Waals surface area contributed by atoms with Crippen LogP contribution >= 0.6 is 0 Å². The van der Waals surface area contributed by atoms with E-state index in [0.29, 0.717) is 18.8 Å². The average molecular weight is 294 g/mol. The highest BCUT2D eigenvalue weighted by atomic mass is 16.5. The largest absolute Gasteiger partial charge is 0.464 e. The summed E-state index contributed by atoms with van der Waals surface area (Å²) in [5.41, 5.74) is -0.403. The molecule has 118 valence electrons. The van der Waals surface area contributed by atoms with E-state index in [-0.39, 0.29) is 5.97 Å². The molecule has 0 bridgehead atoms. The molecular formula is C15H26N4O2. The fourth-order valence-electron chi connectivity index (χ4n) is 2.10. The molecule has 0 saturated carbocycles. The Labute approximate surface area is 126 Å². The Balaban J connectivity index is 2.81. The van der Waals surface area contributed by atoms with Crippen molar-refractivity contribution in [1.82, 2.24) is 20.2 Å². The Morgan fingerprint density at radius 1 is 1.33 bits per heavy atom. The number of rotatable bonds is 9. The molecular weight excluding hydrogens is 268 g/mol. The highest BCUT2D eigenvalue weighted by molar-refractivity contribution is 5.81. The predicted molar refractivity (Wildman–Crippen MR) is 81.8 cm³/mol. The maximum absolute atomic E-state index is 12.3. The number of aromatic nitrogens is 2. The van der Waals surface area contributed by atoms with Crippen molar-refractivity contribution in [3.8, 4) is 0 Å². The second kappa shape index (κ2) is 8.69. The van der Waals surface area contributed by atoms with Gasteiger partial charge in [-0.05, 0) is 26.9 Å². The van der Waals surface area contributed by atoms with Crippen LogP contribution in [-0.4, -0.2) is 53.6 Å². The van der Waals surface area contributed by atoms with E-state index in [1.54, 1.807) is 32.4 Å². The molecule has 1 N–H and O–H groups in total. The Morgan fingerprint density at radius 2 is 2.05 bits per heavy atom. The van der Waals surface area contributed by atoms with Gasteiger partial charge in [-0.3, -0.25) is 15.3 Å². The number of ether oxygens (including phenoxy) is 1. The van der Waals surface area contributed by atoms with E-state index in [1.165, 1.54) is 0 Å². The third-order valence-electron chi connectivity index (χ3n) is 3.56. The first-order chi connectivity index (χ1) is 10.1. The predicted octanol–water partition coefficient (Wildman–Crippen LogP) is 1.19. The van der Waals surface area contributed by atoms with Gasteiger partial charge in [-0.2, -0.15) is 0 Å². The van der Waals surface area contributed by atoms with E-state index >= 15 is 0 Å². The van der Waals surface area contributed by atoms with Crippen LogP contribution in [0.4, 0.5) is 0 Å². The number of hydrogen-bond acceptors (Lipinski definition) is 6. The van der Waals surface area contributed by atoms with Gasteiger partial charge in [-0.15, -0.1) is 0 Å². The molecule has 1 heterocycles. The fourth-order valence-corrected chi connectivity index (χ4v) is 2.10. The summed E-state index contributed by atoms with van der Waals surface area (Å²) < 4.78 is 5.19. The van der Waals surface area contributed by atoms with Gasteiger partial charge in [-0.1, -0.05) is 13.8 Å². The molecule has 1 unspecified atom stereocenters. The molecule has 6 heteroatoms. The third-order valence-corrected chi connectivity index (χ3v) is 3.56. The Hall–Kier alpha value is -1.53. The molecule has 1 aromatic heterocycles. The van der Waals surface area contributed by atoms with Crippen molar-refractivity contribution in [3.63, 3.8) is 0 Å². The van der Waals surface area contributed by atoms with Crippen molar-refractivity contribution < 1.29 is 9.53 Å². The van der Waals surface area contributed by atoms with Crippen molar-refractivity contribution in [2.24, 2.45) is 0 Å². The minimum Gasteiger partial charge on any atom is -0.464 e. The van der Waals surface area contributed by atoms with Crippen LogP contribution in [0.3, 0.4) is 0 Å². The lowest BCUT2D eigenvalue weighted by Crippen LogP contribution is -2.50. The molecule has 0 aliphatic rings. The monoisotopic (exact) mass is 294 g/mol. The van der Waals surface area contributed by atoms with Crippen molar-refractivity contribution >= 4 is 5.97 Å². The molecule has 1 aromatic rings. The van der Waals surface area contributed by atoms with Gasteiger partial charge >= 0.3 is 5.97 Å². The minimum absolute atomic E-state index is 0.329. The molecule has 0 radical (unpaired) electrons. The van der Waals surface area contributed by atoms with Crippen molar-refractivity contribution in [2.45, 2.75) is 33.2 Å². The molecule has 1 rings (SSSR count). The summed E-state index contributed by atoms with van der Waals surface area (Å²) in [5.74, 6) is -0.329. The smallest absolute Gasteiger partial charge is 0.332 e. The highest BCUT2D eigenvalue weighted by Crippen LogP contribution is 2.19. The average Bonchev–Trinajstić information content (AvgIpc) is 2.52. The lowest BCUT2D eigenvalue weighted by Gasteiger charge is -2.29. The van der Waals surface area contributed by atoms with Crippen molar-refractivity contribution in [1.29, 1.82) is 0 Å². The van der Waals surface area contributed by atoms with Crippen LogP contribution in [-0.2, 0) is 15.1 Å². The fraction of sp³-hybridized carbons (Fsp3) is 0.667. The number of nitrogens with zero attached hydrogens (tertiary/aromatic N) is 3. The normalized spacial score (nSPS) is 14.0. The summed E-state index contributed by atoms with van der Waals surface area (Å²) in [6, 6.07) is 0. The Kier molecular flexibility index (Phi) is 7.25. The zero-order valence-corrected chi connectivity index (χ0v) is 13.4. The SMILES string of the molecule is CCOC(=O)C(C)(NCCN(CC)CC)c1cnccn1. The molecule has 21 heavy (non-hydrogen) atoms. The van der Waals surface area contributed by atoms with Gasteiger partial charge in [0.25, 0.3) is 0 Å². The second-order valence-electron chi connectivity index (χ2n) is 4.89. The first-order valence-electron chi connectivity index (χ1n) is 7.49. The van der Waals surface area contributed by atoms with Crippen LogP contribution in [0, 0.1) is 0 Å². The molecule has 1 atom stereocenters. The van der Waals surface area contributed by atoms with Crippen LogP contribution < -0.4 is 5.32 Å². The van der Waals surface area contributed by atoms with Crippen molar-refractivity contribution in [2.75, 3.05) is 32.8 Å². The van der Waals surface area contributed by atoms with E-state index in [1.807, 2.05) is 0 Å². The zero-order chi connectivity index (χ0) is 15.7. The van der Waals surface area contributed by atoms with Gasteiger partial charge in [0.2, 0.25) is 0 Å². The van der Waals surface area contributed by atoms with Gasteiger partial charge in [0, 0.05) is 25.5 Å². The molecule has 0 fully saturated rings. The zero-order valence-electron chi connectivity index (χ0n) is 13.4. The van der Waals surface area contributed by atoms with Gasteiger partial charge in [0.1, 0.15) is 0 Å².